The average molecular weight is 582 g/mol. The lowest BCUT2D eigenvalue weighted by Gasteiger charge is -2.29. The van der Waals surface area contributed by atoms with E-state index in [0.717, 1.165) is 12.3 Å². The summed E-state index contributed by atoms with van der Waals surface area (Å²) in [6, 6.07) is -1.69. The average Bonchev–Trinajstić information content (AvgIpc) is 2.97. The molecule has 0 aromatic carbocycles. The van der Waals surface area contributed by atoms with Crippen LogP contribution in [-0.2, 0) is 32.9 Å². The number of rotatable bonds is 12. The van der Waals surface area contributed by atoms with E-state index in [1.807, 2.05) is 4.98 Å². The highest BCUT2D eigenvalue weighted by Crippen LogP contribution is 2.48. The topological polar surface area (TPSA) is 208 Å². The number of hydrogen-bond acceptors (Lipinski definition) is 11. The van der Waals surface area contributed by atoms with Gasteiger partial charge in [0.25, 0.3) is 17.0 Å². The van der Waals surface area contributed by atoms with Crippen molar-refractivity contribution in [3.8, 4) is 0 Å². The Kier molecular flexibility index (Phi) is 10.3. The molecule has 0 saturated carbocycles. The van der Waals surface area contributed by atoms with Crippen LogP contribution in [-0.4, -0.2) is 80.2 Å². The Morgan fingerprint density at radius 3 is 2.08 bits per heavy atom. The van der Waals surface area contributed by atoms with E-state index in [-0.39, 0.29) is 0 Å². The molecule has 2 heterocycles. The Bertz CT molecular complexity index is 1170. The molecule has 6 atom stereocenters. The van der Waals surface area contributed by atoms with Crippen molar-refractivity contribution in [2.24, 2.45) is 0 Å². The van der Waals surface area contributed by atoms with E-state index < -0.39 is 85.5 Å². The third kappa shape index (κ3) is 7.97. The molecule has 6 unspecified atom stereocenters. The molecule has 1 aliphatic rings. The molecule has 1 fully saturated rings. The van der Waals surface area contributed by atoms with Crippen LogP contribution >= 0.6 is 7.67 Å². The minimum absolute atomic E-state index is 0.519. The van der Waals surface area contributed by atoms with Crippen molar-refractivity contribution in [1.82, 2.24) is 19.7 Å². The highest BCUT2D eigenvalue weighted by molar-refractivity contribution is 7.54. The summed E-state index contributed by atoms with van der Waals surface area (Å²) in [5.74, 6) is -5.01. The molecule has 5 N–H and O–H groups in total. The number of aromatic amines is 1. The molecule has 0 aliphatic carbocycles. The van der Waals surface area contributed by atoms with Gasteiger partial charge in [0.05, 0.1) is 12.2 Å². The number of aromatic nitrogens is 2. The van der Waals surface area contributed by atoms with Crippen LogP contribution in [0.25, 0.3) is 0 Å². The maximum absolute atomic E-state index is 15.9. The summed E-state index contributed by atoms with van der Waals surface area (Å²) in [5.41, 5.74) is -4.57. The molecule has 0 spiro atoms. The predicted octanol–water partition coefficient (Wildman–Crippen LogP) is -0.359. The van der Waals surface area contributed by atoms with Gasteiger partial charge in [-0.3, -0.25) is 33.0 Å². The van der Waals surface area contributed by atoms with Crippen LogP contribution in [0.2, 0.25) is 0 Å². The van der Waals surface area contributed by atoms with Crippen molar-refractivity contribution in [3.05, 3.63) is 40.0 Å². The molecule has 1 aliphatic heterocycles. The Hall–Kier alpha value is -2.59. The van der Waals surface area contributed by atoms with E-state index in [4.69, 9.17) is 18.7 Å². The number of carbonyl (C=O) groups excluding carboxylic acids is 2. The lowest BCUT2D eigenvalue weighted by molar-refractivity contribution is -0.203. The van der Waals surface area contributed by atoms with E-state index in [1.54, 1.807) is 27.7 Å². The first-order chi connectivity index (χ1) is 17.8. The predicted molar refractivity (Wildman–Crippen MR) is 133 cm³/mol. The molecule has 2 rings (SSSR count). The highest BCUT2D eigenvalue weighted by atomic mass is 31.2. The molecular weight excluding hydrogens is 546 g/mol. The Labute approximate surface area is 223 Å². The van der Waals surface area contributed by atoms with Crippen LogP contribution in [0.15, 0.2) is 21.9 Å². The highest BCUT2D eigenvalue weighted by Gasteiger charge is 2.68. The zero-order valence-electron chi connectivity index (χ0n) is 22.4. The quantitative estimate of drug-likeness (QED) is 0.122. The van der Waals surface area contributed by atoms with Gasteiger partial charge in [-0.1, -0.05) is 0 Å². The van der Waals surface area contributed by atoms with Crippen molar-refractivity contribution in [1.29, 1.82) is 0 Å². The maximum Gasteiger partial charge on any atom is 0.342 e. The Balaban J connectivity index is 2.33. The minimum atomic E-state index is -4.55. The third-order valence-electron chi connectivity index (χ3n) is 5.30. The SMILES string of the molecule is [CH2+]C1(O)C(n2ccc(=O)[nH]c2=O)OC(F)(COP(=O)(NC(C)C(=O)OC(C)C)NC(C)C(=O)OC(C)C)C1O. The van der Waals surface area contributed by atoms with Gasteiger partial charge in [-0.2, -0.15) is 0 Å². The maximum atomic E-state index is 15.9. The van der Waals surface area contributed by atoms with Crippen molar-refractivity contribution in [3.63, 3.8) is 0 Å². The first-order valence-electron chi connectivity index (χ1n) is 12.0. The summed E-state index contributed by atoms with van der Waals surface area (Å²) >= 11 is 0. The molecule has 220 valence electrons. The summed E-state index contributed by atoms with van der Waals surface area (Å²) in [6.07, 6.45) is -4.57. The molecular formula is C22H35FN4O11P+. The zero-order chi connectivity index (χ0) is 29.9. The van der Waals surface area contributed by atoms with Crippen LogP contribution in [0, 0.1) is 6.92 Å². The number of esters is 2. The van der Waals surface area contributed by atoms with Gasteiger partial charge < -0.3 is 24.4 Å². The van der Waals surface area contributed by atoms with Crippen molar-refractivity contribution < 1.29 is 47.5 Å². The Morgan fingerprint density at radius 1 is 1.15 bits per heavy atom. The van der Waals surface area contributed by atoms with Crippen LogP contribution in [0.3, 0.4) is 0 Å². The van der Waals surface area contributed by atoms with E-state index in [1.165, 1.54) is 13.8 Å². The van der Waals surface area contributed by atoms with Crippen molar-refractivity contribution >= 4 is 19.6 Å². The number of nitrogens with zero attached hydrogens (tertiary/aromatic N) is 1. The number of ether oxygens (including phenoxy) is 3. The number of H-pyrrole nitrogens is 1. The minimum Gasteiger partial charge on any atom is -0.462 e. The second-order valence-electron chi connectivity index (χ2n) is 9.67. The molecule has 15 nitrogen and oxygen atoms in total. The van der Waals surface area contributed by atoms with Gasteiger partial charge >= 0.3 is 25.3 Å². The monoisotopic (exact) mass is 581 g/mol. The van der Waals surface area contributed by atoms with E-state index in [0.29, 0.717) is 4.57 Å². The van der Waals surface area contributed by atoms with Crippen LogP contribution < -0.4 is 21.4 Å². The number of carbonyl (C=O) groups is 2. The lowest BCUT2D eigenvalue weighted by atomic mass is 9.95. The van der Waals surface area contributed by atoms with Gasteiger partial charge in [0.1, 0.15) is 25.6 Å². The number of alkyl halides is 1. The van der Waals surface area contributed by atoms with Crippen molar-refractivity contribution in [2.45, 2.75) is 89.6 Å². The Morgan fingerprint density at radius 2 is 1.64 bits per heavy atom. The fourth-order valence-electron chi connectivity index (χ4n) is 3.46. The molecule has 17 heteroatoms. The summed E-state index contributed by atoms with van der Waals surface area (Å²) < 4.78 is 50.6. The van der Waals surface area contributed by atoms with Gasteiger partial charge in [0.15, 0.2) is 6.10 Å². The number of halogens is 1. The second-order valence-corrected chi connectivity index (χ2v) is 11.5. The standard InChI is InChI=1S/C22H34FN4O11P/c1-11(2)36-16(29)13(5)25-39(34,26-14(6)17(30)37-12(3)4)35-10-22(23)18(31)21(7,33)19(38-22)27-9-8-15(28)24-20(27)32/h8-9,11-14,18-19,31,33H,7,10H2,1-6H3,(H2-,24,25,26,28,32,34)/p+1. The van der Waals surface area contributed by atoms with E-state index in [9.17, 15) is 34.0 Å². The van der Waals surface area contributed by atoms with Crippen LogP contribution in [0.4, 0.5) is 4.39 Å². The summed E-state index contributed by atoms with van der Waals surface area (Å²) in [5, 5.41) is 25.9. The van der Waals surface area contributed by atoms with Gasteiger partial charge in [-0.25, -0.2) is 19.4 Å². The molecule has 1 aromatic heterocycles. The fourth-order valence-corrected chi connectivity index (χ4v) is 5.27. The smallest absolute Gasteiger partial charge is 0.342 e. The first-order valence-corrected chi connectivity index (χ1v) is 13.6. The number of nitrogens with one attached hydrogen (secondary N) is 3. The summed E-state index contributed by atoms with van der Waals surface area (Å²) in [6.45, 7) is 10.9. The van der Waals surface area contributed by atoms with Crippen LogP contribution in [0.5, 0.6) is 0 Å². The molecule has 39 heavy (non-hydrogen) atoms. The first kappa shape index (κ1) is 32.6. The molecule has 0 radical (unpaired) electrons. The fraction of sp³-hybridized carbons (Fsp3) is 0.682. The lowest BCUT2D eigenvalue weighted by Crippen LogP contribution is -2.51. The normalized spacial score (nSPS) is 28.2. The van der Waals surface area contributed by atoms with Gasteiger partial charge in [-0.15, -0.1) is 0 Å². The van der Waals surface area contributed by atoms with Gasteiger partial charge in [0, 0.05) is 12.3 Å². The number of aliphatic hydroxyl groups is 2. The molecule has 0 bridgehead atoms. The van der Waals surface area contributed by atoms with E-state index >= 15 is 4.39 Å². The van der Waals surface area contributed by atoms with Crippen molar-refractivity contribution in [2.75, 3.05) is 6.61 Å². The van der Waals surface area contributed by atoms with E-state index in [2.05, 4.69) is 17.1 Å². The molecule has 0 amide bonds. The summed E-state index contributed by atoms with van der Waals surface area (Å²) in [4.78, 5) is 50.0. The molecule has 1 aromatic rings. The second kappa shape index (κ2) is 12.3. The van der Waals surface area contributed by atoms with Crippen LogP contribution in [0.1, 0.15) is 47.8 Å². The summed E-state index contributed by atoms with van der Waals surface area (Å²) in [7, 11) is -4.55. The van der Waals surface area contributed by atoms with Gasteiger partial charge in [0.2, 0.25) is 6.23 Å². The number of hydrogen-bond donors (Lipinski definition) is 5. The number of aliphatic hydroxyl groups excluding tert-OH is 1. The van der Waals surface area contributed by atoms with Gasteiger partial charge in [-0.05, 0) is 41.5 Å². The molecule has 1 saturated heterocycles. The third-order valence-corrected chi connectivity index (χ3v) is 7.25. The largest absolute Gasteiger partial charge is 0.462 e. The zero-order valence-corrected chi connectivity index (χ0v) is 23.3.